The predicted molar refractivity (Wildman–Crippen MR) is 93.4 cm³/mol. The number of carbonyl (C=O) groups is 1. The number of amides is 1. The number of carbonyl (C=O) groups excluding carboxylic acids is 1. The normalized spacial score (nSPS) is 11.8. The maximum Gasteiger partial charge on any atom is 0.324 e. The molecule has 0 radical (unpaired) electrons. The van der Waals surface area contributed by atoms with Crippen LogP contribution in [-0.2, 0) is 6.54 Å². The van der Waals surface area contributed by atoms with E-state index in [0.29, 0.717) is 18.5 Å². The van der Waals surface area contributed by atoms with Crippen LogP contribution in [0.1, 0.15) is 29.3 Å². The molecule has 2 aromatic rings. The summed E-state index contributed by atoms with van der Waals surface area (Å²) in [4.78, 5) is 22.3. The number of hydrogen-bond acceptors (Lipinski definition) is 6. The first kappa shape index (κ1) is 17.9. The summed E-state index contributed by atoms with van der Waals surface area (Å²) in [7, 11) is 0. The Morgan fingerprint density at radius 2 is 2.08 bits per heavy atom. The largest absolute Gasteiger partial charge is 0.394 e. The van der Waals surface area contributed by atoms with Gasteiger partial charge in [0.05, 0.1) is 17.6 Å². The first-order valence-corrected chi connectivity index (χ1v) is 8.39. The van der Waals surface area contributed by atoms with E-state index in [2.05, 4.69) is 10.6 Å². The molecule has 128 valence electrons. The first-order valence-electron chi connectivity index (χ1n) is 7.51. The molecule has 7 nitrogen and oxygen atoms in total. The van der Waals surface area contributed by atoms with Crippen molar-refractivity contribution in [1.29, 1.82) is 0 Å². The van der Waals surface area contributed by atoms with Gasteiger partial charge < -0.3 is 15.7 Å². The number of nitro groups is 1. The molecule has 1 aromatic carbocycles. The number of thiophene rings is 1. The number of aliphatic hydroxyl groups is 1. The van der Waals surface area contributed by atoms with Crippen LogP contribution in [-0.4, -0.2) is 28.6 Å². The van der Waals surface area contributed by atoms with Gasteiger partial charge >= 0.3 is 5.00 Å². The molecule has 1 unspecified atom stereocenters. The molecule has 0 bridgehead atoms. The molecule has 0 aliphatic heterocycles. The Morgan fingerprint density at radius 3 is 2.62 bits per heavy atom. The minimum absolute atomic E-state index is 0.0886. The minimum atomic E-state index is -0.405. The zero-order valence-corrected chi connectivity index (χ0v) is 14.0. The van der Waals surface area contributed by atoms with Crippen LogP contribution < -0.4 is 10.6 Å². The Labute approximate surface area is 143 Å². The quantitative estimate of drug-likeness (QED) is 0.502. The fourth-order valence-corrected chi connectivity index (χ4v) is 2.77. The van der Waals surface area contributed by atoms with Gasteiger partial charge in [0.15, 0.2) is 0 Å². The molecule has 0 aliphatic rings. The lowest BCUT2D eigenvalue weighted by Crippen LogP contribution is -2.36. The Bertz CT molecular complexity index is 696. The molecule has 3 N–H and O–H groups in total. The highest BCUT2D eigenvalue weighted by Gasteiger charge is 2.11. The van der Waals surface area contributed by atoms with Crippen LogP contribution in [0, 0.1) is 10.1 Å². The van der Waals surface area contributed by atoms with Crippen LogP contribution in [0.25, 0.3) is 0 Å². The Kier molecular flexibility index (Phi) is 6.28. The summed E-state index contributed by atoms with van der Waals surface area (Å²) >= 11 is 1.10. The third kappa shape index (κ3) is 4.77. The fourth-order valence-electron chi connectivity index (χ4n) is 2.04. The van der Waals surface area contributed by atoms with Crippen LogP contribution in [0.15, 0.2) is 35.7 Å². The number of nitrogens with zero attached hydrogens (tertiary/aromatic N) is 1. The topological polar surface area (TPSA) is 104 Å². The Hall–Kier alpha value is -2.45. The van der Waals surface area contributed by atoms with Crippen molar-refractivity contribution in [1.82, 2.24) is 5.32 Å². The van der Waals surface area contributed by atoms with Crippen molar-refractivity contribution >= 4 is 27.9 Å². The number of anilines is 1. The maximum absolute atomic E-state index is 12.0. The van der Waals surface area contributed by atoms with Gasteiger partial charge in [0.1, 0.15) is 0 Å². The molecule has 24 heavy (non-hydrogen) atoms. The van der Waals surface area contributed by atoms with E-state index in [0.717, 1.165) is 22.6 Å². The number of nitrogens with one attached hydrogen (secondary N) is 2. The summed E-state index contributed by atoms with van der Waals surface area (Å²) in [6, 6.07) is 8.23. The second kappa shape index (κ2) is 8.42. The summed E-state index contributed by atoms with van der Waals surface area (Å²) < 4.78 is 0. The summed E-state index contributed by atoms with van der Waals surface area (Å²) in [6.45, 7) is 2.27. The van der Waals surface area contributed by atoms with Crippen molar-refractivity contribution in [3.05, 3.63) is 57.0 Å². The van der Waals surface area contributed by atoms with E-state index < -0.39 is 4.92 Å². The molecule has 0 spiro atoms. The fraction of sp³-hybridized carbons (Fsp3) is 0.312. The molecule has 1 heterocycles. The Balaban J connectivity index is 1.91. The number of hydrogen-bond donors (Lipinski definition) is 3. The lowest BCUT2D eigenvalue weighted by Gasteiger charge is -2.14. The maximum atomic E-state index is 12.0. The van der Waals surface area contributed by atoms with E-state index >= 15 is 0 Å². The number of benzene rings is 1. The monoisotopic (exact) mass is 349 g/mol. The van der Waals surface area contributed by atoms with Crippen LogP contribution in [0.4, 0.5) is 10.7 Å². The van der Waals surface area contributed by atoms with E-state index in [9.17, 15) is 14.9 Å². The van der Waals surface area contributed by atoms with E-state index in [1.165, 1.54) is 0 Å². The third-order valence-corrected chi connectivity index (χ3v) is 4.44. The van der Waals surface area contributed by atoms with Crippen molar-refractivity contribution < 1.29 is 14.8 Å². The molecule has 8 heteroatoms. The molecule has 1 atom stereocenters. The molecule has 0 saturated carbocycles. The molecule has 0 saturated heterocycles. The summed E-state index contributed by atoms with van der Waals surface area (Å²) in [6.07, 6.45) is 0.661. The zero-order valence-electron chi connectivity index (χ0n) is 13.2. The molecular formula is C16H19N3O4S. The lowest BCUT2D eigenvalue weighted by molar-refractivity contribution is -0.380. The van der Waals surface area contributed by atoms with Crippen LogP contribution in [0.3, 0.4) is 0 Å². The molecule has 1 aromatic heterocycles. The molecule has 0 fully saturated rings. The summed E-state index contributed by atoms with van der Waals surface area (Å²) in [5.41, 5.74) is 2.16. The van der Waals surface area contributed by atoms with Crippen molar-refractivity contribution in [3.63, 3.8) is 0 Å². The van der Waals surface area contributed by atoms with E-state index in [4.69, 9.17) is 5.11 Å². The van der Waals surface area contributed by atoms with Crippen molar-refractivity contribution in [2.75, 3.05) is 11.9 Å². The average molecular weight is 349 g/mol. The second-order valence-electron chi connectivity index (χ2n) is 5.24. The van der Waals surface area contributed by atoms with Gasteiger partial charge in [-0.15, -0.1) is 0 Å². The summed E-state index contributed by atoms with van der Waals surface area (Å²) in [5, 5.41) is 27.5. The van der Waals surface area contributed by atoms with Gasteiger partial charge in [0, 0.05) is 29.2 Å². The second-order valence-corrected chi connectivity index (χ2v) is 6.13. The molecule has 1 amide bonds. The van der Waals surface area contributed by atoms with Gasteiger partial charge in [-0.3, -0.25) is 14.9 Å². The van der Waals surface area contributed by atoms with Crippen molar-refractivity contribution in [2.24, 2.45) is 0 Å². The standard InChI is InChI=1S/C16H19N3O4S/c1-2-13(9-20)18-16(21)12-3-5-14(6-4-12)17-8-11-7-15(19(22)23)24-10-11/h3-7,10,13,17,20H,2,8-9H2,1H3,(H,18,21). The minimum Gasteiger partial charge on any atom is -0.394 e. The molecule has 2 rings (SSSR count). The summed E-state index contributed by atoms with van der Waals surface area (Å²) in [5.74, 6) is -0.226. The third-order valence-electron chi connectivity index (χ3n) is 3.51. The highest BCUT2D eigenvalue weighted by atomic mass is 32.1. The van der Waals surface area contributed by atoms with Gasteiger partial charge in [-0.25, -0.2) is 0 Å². The number of aliphatic hydroxyl groups excluding tert-OH is 1. The van der Waals surface area contributed by atoms with Crippen LogP contribution in [0.5, 0.6) is 0 Å². The zero-order chi connectivity index (χ0) is 17.5. The van der Waals surface area contributed by atoms with Crippen molar-refractivity contribution in [2.45, 2.75) is 25.9 Å². The predicted octanol–water partition coefficient (Wildman–Crippen LogP) is 2.77. The van der Waals surface area contributed by atoms with Gasteiger partial charge in [-0.2, -0.15) is 0 Å². The lowest BCUT2D eigenvalue weighted by atomic mass is 10.1. The van der Waals surface area contributed by atoms with Gasteiger partial charge in [0.25, 0.3) is 5.91 Å². The molecule has 0 aliphatic carbocycles. The molecular weight excluding hydrogens is 330 g/mol. The Morgan fingerprint density at radius 1 is 1.38 bits per heavy atom. The smallest absolute Gasteiger partial charge is 0.324 e. The highest BCUT2D eigenvalue weighted by Crippen LogP contribution is 2.23. The average Bonchev–Trinajstić information content (AvgIpc) is 3.07. The van der Waals surface area contributed by atoms with Crippen molar-refractivity contribution in [3.8, 4) is 0 Å². The first-order chi connectivity index (χ1) is 11.5. The van der Waals surface area contributed by atoms with Crippen LogP contribution in [0.2, 0.25) is 0 Å². The highest BCUT2D eigenvalue weighted by molar-refractivity contribution is 7.13. The van der Waals surface area contributed by atoms with Gasteiger partial charge in [-0.1, -0.05) is 18.3 Å². The SMILES string of the molecule is CCC(CO)NC(=O)c1ccc(NCc2csc([N+](=O)[O-])c2)cc1. The van der Waals surface area contributed by atoms with Gasteiger partial charge in [0.2, 0.25) is 0 Å². The van der Waals surface area contributed by atoms with Crippen LogP contribution >= 0.6 is 11.3 Å². The van der Waals surface area contributed by atoms with E-state index in [1.807, 2.05) is 6.92 Å². The number of rotatable bonds is 8. The van der Waals surface area contributed by atoms with E-state index in [1.54, 1.807) is 35.7 Å². The van der Waals surface area contributed by atoms with Gasteiger partial charge in [-0.05, 0) is 36.2 Å². The van der Waals surface area contributed by atoms with E-state index in [-0.39, 0.29) is 23.6 Å².